The van der Waals surface area contributed by atoms with Crippen molar-refractivity contribution in [3.8, 4) is 5.69 Å². The SMILES string of the molecule is Cc1cccc(C)c1-n1nnnc1S[C@H](C)C(=O)c1ccc2c(c1)CCC2. The molecule has 0 aliphatic heterocycles. The van der Waals surface area contributed by atoms with E-state index in [0.29, 0.717) is 5.16 Å². The second-order valence-corrected chi connectivity index (χ2v) is 8.38. The number of tetrazole rings is 1. The van der Waals surface area contributed by atoms with E-state index in [2.05, 4.69) is 27.7 Å². The first-order valence-electron chi connectivity index (χ1n) is 9.22. The number of hydrogen-bond donors (Lipinski definition) is 0. The fourth-order valence-electron chi connectivity index (χ4n) is 3.70. The van der Waals surface area contributed by atoms with Crippen molar-refractivity contribution in [2.24, 2.45) is 0 Å². The van der Waals surface area contributed by atoms with Gasteiger partial charge in [0.15, 0.2) is 5.78 Å². The Labute approximate surface area is 163 Å². The maximum atomic E-state index is 13.0. The van der Waals surface area contributed by atoms with Crippen LogP contribution in [0.25, 0.3) is 5.69 Å². The van der Waals surface area contributed by atoms with Gasteiger partial charge in [-0.05, 0) is 78.8 Å². The van der Waals surface area contributed by atoms with Crippen LogP contribution in [-0.4, -0.2) is 31.2 Å². The molecule has 1 aliphatic carbocycles. The van der Waals surface area contributed by atoms with Crippen molar-refractivity contribution in [2.75, 3.05) is 0 Å². The van der Waals surface area contributed by atoms with Gasteiger partial charge < -0.3 is 0 Å². The average molecular weight is 379 g/mol. The van der Waals surface area contributed by atoms with Crippen LogP contribution >= 0.6 is 11.8 Å². The van der Waals surface area contributed by atoms with Gasteiger partial charge in [0.25, 0.3) is 0 Å². The van der Waals surface area contributed by atoms with Gasteiger partial charge in [-0.3, -0.25) is 4.79 Å². The fourth-order valence-corrected chi connectivity index (χ4v) is 4.57. The maximum absolute atomic E-state index is 13.0. The molecule has 5 nitrogen and oxygen atoms in total. The molecule has 0 N–H and O–H groups in total. The van der Waals surface area contributed by atoms with Crippen molar-refractivity contribution >= 4 is 17.5 Å². The summed E-state index contributed by atoms with van der Waals surface area (Å²) in [6.07, 6.45) is 3.38. The minimum atomic E-state index is -0.265. The molecule has 1 heterocycles. The standard InChI is InChI=1S/C21H22N4OS/c1-13-6-4-7-14(2)19(13)25-21(22-23-24-25)27-15(3)20(26)18-11-10-16-8-5-9-17(16)12-18/h4,6-7,10-12,15H,5,8-9H2,1-3H3/t15-/m1/s1. The van der Waals surface area contributed by atoms with Gasteiger partial charge >= 0.3 is 0 Å². The summed E-state index contributed by atoms with van der Waals surface area (Å²) in [6.45, 7) is 6.00. The number of Topliss-reactive ketones (excluding diaryl/α,β-unsaturated/α-hetero) is 1. The Morgan fingerprint density at radius 3 is 2.63 bits per heavy atom. The molecule has 0 radical (unpaired) electrons. The van der Waals surface area contributed by atoms with Gasteiger partial charge in [-0.2, -0.15) is 4.68 Å². The van der Waals surface area contributed by atoms with E-state index in [1.54, 1.807) is 4.68 Å². The third kappa shape index (κ3) is 3.41. The van der Waals surface area contributed by atoms with Crippen LogP contribution in [0, 0.1) is 13.8 Å². The summed E-state index contributed by atoms with van der Waals surface area (Å²) in [5, 5.41) is 12.5. The molecule has 2 aromatic carbocycles. The van der Waals surface area contributed by atoms with E-state index in [1.807, 2.05) is 45.0 Å². The van der Waals surface area contributed by atoms with Crippen LogP contribution in [0.4, 0.5) is 0 Å². The van der Waals surface area contributed by atoms with Gasteiger partial charge in [-0.15, -0.1) is 5.10 Å². The molecule has 0 saturated carbocycles. The van der Waals surface area contributed by atoms with Gasteiger partial charge in [0.1, 0.15) is 0 Å². The molecule has 0 saturated heterocycles. The Hall–Kier alpha value is -2.47. The van der Waals surface area contributed by atoms with E-state index in [1.165, 1.54) is 29.3 Å². The van der Waals surface area contributed by atoms with E-state index in [9.17, 15) is 4.79 Å². The molecule has 0 fully saturated rings. The van der Waals surface area contributed by atoms with Gasteiger partial charge in [-0.25, -0.2) is 0 Å². The molecule has 138 valence electrons. The summed E-state index contributed by atoms with van der Waals surface area (Å²) in [5.41, 5.74) is 6.65. The van der Waals surface area contributed by atoms with Crippen molar-refractivity contribution in [1.82, 2.24) is 20.2 Å². The number of rotatable bonds is 5. The number of carbonyl (C=O) groups excluding carboxylic acids is 1. The summed E-state index contributed by atoms with van der Waals surface area (Å²) in [6, 6.07) is 12.2. The van der Waals surface area contributed by atoms with E-state index in [0.717, 1.165) is 35.2 Å². The quantitative estimate of drug-likeness (QED) is 0.493. The van der Waals surface area contributed by atoms with Crippen molar-refractivity contribution in [3.05, 3.63) is 64.2 Å². The number of hydrogen-bond acceptors (Lipinski definition) is 5. The second-order valence-electron chi connectivity index (χ2n) is 7.08. The van der Waals surface area contributed by atoms with Crippen LogP contribution in [0.3, 0.4) is 0 Å². The topological polar surface area (TPSA) is 60.7 Å². The Kier molecular flexibility index (Phi) is 4.83. The fraction of sp³-hybridized carbons (Fsp3) is 0.333. The van der Waals surface area contributed by atoms with Crippen molar-refractivity contribution < 1.29 is 4.79 Å². The van der Waals surface area contributed by atoms with Crippen molar-refractivity contribution in [3.63, 3.8) is 0 Å². The highest BCUT2D eigenvalue weighted by molar-refractivity contribution is 8.00. The highest BCUT2D eigenvalue weighted by Crippen LogP contribution is 2.29. The zero-order valence-corrected chi connectivity index (χ0v) is 16.6. The summed E-state index contributed by atoms with van der Waals surface area (Å²) >= 11 is 1.40. The highest BCUT2D eigenvalue weighted by Gasteiger charge is 2.23. The number of aromatic nitrogens is 4. The number of thioether (sulfide) groups is 1. The number of fused-ring (bicyclic) bond motifs is 1. The summed E-state index contributed by atoms with van der Waals surface area (Å²) in [4.78, 5) is 13.0. The van der Waals surface area contributed by atoms with Crippen LogP contribution in [0.1, 0.15) is 46.0 Å². The smallest absolute Gasteiger partial charge is 0.214 e. The molecule has 4 rings (SSSR count). The lowest BCUT2D eigenvalue weighted by atomic mass is 10.0. The molecule has 3 aromatic rings. The first kappa shape index (κ1) is 17.9. The highest BCUT2D eigenvalue weighted by atomic mass is 32.2. The third-order valence-corrected chi connectivity index (χ3v) is 6.16. The Morgan fingerprint density at radius 2 is 1.85 bits per heavy atom. The molecule has 1 atom stereocenters. The molecule has 1 aliphatic rings. The number of aryl methyl sites for hydroxylation is 4. The minimum Gasteiger partial charge on any atom is -0.293 e. The Morgan fingerprint density at radius 1 is 1.11 bits per heavy atom. The molecule has 0 bridgehead atoms. The van der Waals surface area contributed by atoms with Crippen molar-refractivity contribution in [1.29, 1.82) is 0 Å². The lowest BCUT2D eigenvalue weighted by molar-refractivity contribution is 0.0993. The maximum Gasteiger partial charge on any atom is 0.214 e. The van der Waals surface area contributed by atoms with Crippen LogP contribution < -0.4 is 0 Å². The van der Waals surface area contributed by atoms with E-state index in [-0.39, 0.29) is 11.0 Å². The number of para-hydroxylation sites is 1. The average Bonchev–Trinajstić information content (AvgIpc) is 3.30. The Bertz CT molecular complexity index is 991. The van der Waals surface area contributed by atoms with Crippen LogP contribution in [0.15, 0.2) is 41.6 Å². The van der Waals surface area contributed by atoms with Crippen LogP contribution in [-0.2, 0) is 12.8 Å². The molecule has 27 heavy (non-hydrogen) atoms. The predicted molar refractivity (Wildman–Crippen MR) is 107 cm³/mol. The zero-order valence-electron chi connectivity index (χ0n) is 15.8. The Balaban J connectivity index is 1.58. The van der Waals surface area contributed by atoms with Crippen LogP contribution in [0.2, 0.25) is 0 Å². The lowest BCUT2D eigenvalue weighted by Gasteiger charge is -2.13. The number of carbonyl (C=O) groups is 1. The predicted octanol–water partition coefficient (Wildman–Crippen LogP) is 4.13. The molecule has 0 amide bonds. The van der Waals surface area contributed by atoms with E-state index >= 15 is 0 Å². The lowest BCUT2D eigenvalue weighted by Crippen LogP contribution is -2.15. The summed E-state index contributed by atoms with van der Waals surface area (Å²) < 4.78 is 1.74. The molecular weight excluding hydrogens is 356 g/mol. The molecule has 1 aromatic heterocycles. The first-order valence-corrected chi connectivity index (χ1v) is 10.1. The first-order chi connectivity index (χ1) is 13.0. The second kappa shape index (κ2) is 7.27. The third-order valence-electron chi connectivity index (χ3n) is 5.13. The van der Waals surface area contributed by atoms with Gasteiger partial charge in [0.2, 0.25) is 5.16 Å². The van der Waals surface area contributed by atoms with Gasteiger partial charge in [0, 0.05) is 5.56 Å². The van der Waals surface area contributed by atoms with Crippen molar-refractivity contribution in [2.45, 2.75) is 50.4 Å². The molecule has 6 heteroatoms. The van der Waals surface area contributed by atoms with Crippen LogP contribution in [0.5, 0.6) is 0 Å². The monoisotopic (exact) mass is 378 g/mol. The molecular formula is C21H22N4OS. The minimum absolute atomic E-state index is 0.116. The van der Waals surface area contributed by atoms with E-state index < -0.39 is 0 Å². The van der Waals surface area contributed by atoms with Gasteiger partial charge in [0.05, 0.1) is 10.9 Å². The molecule has 0 spiro atoms. The van der Waals surface area contributed by atoms with Gasteiger partial charge in [-0.1, -0.05) is 42.1 Å². The number of benzene rings is 2. The largest absolute Gasteiger partial charge is 0.293 e. The summed E-state index contributed by atoms with van der Waals surface area (Å²) in [5.74, 6) is 0.116. The normalized spacial score (nSPS) is 14.2. The number of nitrogens with zero attached hydrogens (tertiary/aromatic N) is 4. The zero-order chi connectivity index (χ0) is 19.0. The number of ketones is 1. The molecule has 0 unspecified atom stereocenters. The van der Waals surface area contributed by atoms with E-state index in [4.69, 9.17) is 0 Å². The summed E-state index contributed by atoms with van der Waals surface area (Å²) in [7, 11) is 0.